The van der Waals surface area contributed by atoms with Gasteiger partial charge in [0, 0.05) is 17.1 Å². The van der Waals surface area contributed by atoms with Gasteiger partial charge in [0.2, 0.25) is 0 Å². The Labute approximate surface area is 115 Å². The van der Waals surface area contributed by atoms with Gasteiger partial charge < -0.3 is 0 Å². The van der Waals surface area contributed by atoms with Crippen LogP contribution in [0.5, 0.6) is 0 Å². The van der Waals surface area contributed by atoms with Crippen LogP contribution >= 0.6 is 0 Å². The van der Waals surface area contributed by atoms with E-state index < -0.39 is 0 Å². The van der Waals surface area contributed by atoms with Gasteiger partial charge in [0.1, 0.15) is 0 Å². The molecule has 2 rings (SSSR count). The summed E-state index contributed by atoms with van der Waals surface area (Å²) in [5, 5.41) is 1.17. The fourth-order valence-electron chi connectivity index (χ4n) is 2.33. The number of hydrazine groups is 1. The van der Waals surface area contributed by atoms with E-state index in [1.165, 1.54) is 17.4 Å². The minimum atomic E-state index is 0.209. The quantitative estimate of drug-likeness (QED) is 0.637. The van der Waals surface area contributed by atoms with Crippen molar-refractivity contribution in [1.82, 2.24) is 10.4 Å². The molecule has 2 atom stereocenters. The summed E-state index contributed by atoms with van der Waals surface area (Å²) in [4.78, 5) is 4.53. The van der Waals surface area contributed by atoms with Gasteiger partial charge in [-0.3, -0.25) is 16.3 Å². The minimum absolute atomic E-state index is 0.209. The molecule has 3 N–H and O–H groups in total. The number of benzene rings is 1. The Hall–Kier alpha value is -1.45. The third-order valence-corrected chi connectivity index (χ3v) is 3.79. The highest BCUT2D eigenvalue weighted by molar-refractivity contribution is 5.79. The molecule has 3 nitrogen and oxygen atoms in total. The van der Waals surface area contributed by atoms with Crippen LogP contribution < -0.4 is 11.3 Å². The maximum absolute atomic E-state index is 5.71. The van der Waals surface area contributed by atoms with Crippen molar-refractivity contribution in [2.45, 2.75) is 39.7 Å². The van der Waals surface area contributed by atoms with E-state index in [0.717, 1.165) is 17.6 Å². The first-order chi connectivity index (χ1) is 9.13. The van der Waals surface area contributed by atoms with Crippen LogP contribution in [0.1, 0.15) is 44.0 Å². The summed E-state index contributed by atoms with van der Waals surface area (Å²) < 4.78 is 0. The van der Waals surface area contributed by atoms with Crippen LogP contribution in [0.2, 0.25) is 0 Å². The Balaban J connectivity index is 2.30. The third kappa shape index (κ3) is 3.31. The van der Waals surface area contributed by atoms with E-state index >= 15 is 0 Å². The molecule has 0 aliphatic heterocycles. The van der Waals surface area contributed by atoms with E-state index in [9.17, 15) is 0 Å². The second-order valence-corrected chi connectivity index (χ2v) is 5.37. The maximum Gasteiger partial charge on any atom is 0.0705 e. The molecule has 1 aromatic heterocycles. The van der Waals surface area contributed by atoms with Gasteiger partial charge in [-0.15, -0.1) is 0 Å². The summed E-state index contributed by atoms with van der Waals surface area (Å²) in [6.07, 6.45) is 2.23. The zero-order valence-corrected chi connectivity index (χ0v) is 12.0. The van der Waals surface area contributed by atoms with Crippen molar-refractivity contribution in [3.8, 4) is 0 Å². The van der Waals surface area contributed by atoms with Crippen LogP contribution in [0, 0.1) is 12.8 Å². The van der Waals surface area contributed by atoms with E-state index in [2.05, 4.69) is 48.5 Å². The summed E-state index contributed by atoms with van der Waals surface area (Å²) >= 11 is 0. The number of aryl methyl sites for hydroxylation is 1. The summed E-state index contributed by atoms with van der Waals surface area (Å²) in [6.45, 7) is 6.49. The average Bonchev–Trinajstić information content (AvgIpc) is 2.43. The molecule has 102 valence electrons. The molecule has 19 heavy (non-hydrogen) atoms. The van der Waals surface area contributed by atoms with Crippen LogP contribution in [0.4, 0.5) is 0 Å². The smallest absolute Gasteiger partial charge is 0.0705 e. The first-order valence-corrected chi connectivity index (χ1v) is 6.97. The molecule has 0 amide bonds. The second kappa shape index (κ2) is 6.13. The first-order valence-electron chi connectivity index (χ1n) is 6.97. The predicted molar refractivity (Wildman–Crippen MR) is 80.6 cm³/mol. The van der Waals surface area contributed by atoms with Crippen LogP contribution in [-0.4, -0.2) is 4.98 Å². The lowest BCUT2D eigenvalue weighted by Crippen LogP contribution is -2.29. The standard InChI is InChI=1S/C16H23N3/c1-4-11(2)9-16(19-17)14-7-8-15-13(10-14)6-5-12(3)18-15/h5-8,10-11,16,19H,4,9,17H2,1-3H3. The number of fused-ring (bicyclic) bond motifs is 1. The molecular weight excluding hydrogens is 234 g/mol. The molecule has 0 bridgehead atoms. The lowest BCUT2D eigenvalue weighted by molar-refractivity contribution is 0.408. The molecule has 2 aromatic rings. The Morgan fingerprint density at radius 2 is 2.05 bits per heavy atom. The highest BCUT2D eigenvalue weighted by atomic mass is 15.2. The molecule has 0 radical (unpaired) electrons. The molecule has 0 fully saturated rings. The monoisotopic (exact) mass is 257 g/mol. The fourth-order valence-corrected chi connectivity index (χ4v) is 2.33. The van der Waals surface area contributed by atoms with Gasteiger partial charge in [-0.05, 0) is 43.0 Å². The van der Waals surface area contributed by atoms with Gasteiger partial charge in [-0.25, -0.2) is 0 Å². The molecule has 1 heterocycles. The van der Waals surface area contributed by atoms with E-state index in [4.69, 9.17) is 5.84 Å². The number of hydrogen-bond donors (Lipinski definition) is 2. The summed E-state index contributed by atoms with van der Waals surface area (Å²) in [5.41, 5.74) is 6.27. The lowest BCUT2D eigenvalue weighted by atomic mass is 9.94. The number of pyridine rings is 1. The van der Waals surface area contributed by atoms with Gasteiger partial charge in [-0.2, -0.15) is 0 Å². The normalized spacial score (nSPS) is 14.5. The maximum atomic E-state index is 5.71. The largest absolute Gasteiger partial charge is 0.271 e. The number of rotatable bonds is 5. The summed E-state index contributed by atoms with van der Waals surface area (Å²) in [5.74, 6) is 6.37. The molecule has 3 heteroatoms. The number of aromatic nitrogens is 1. The molecule has 1 aromatic carbocycles. The fraction of sp³-hybridized carbons (Fsp3) is 0.438. The van der Waals surface area contributed by atoms with Crippen LogP contribution in [0.25, 0.3) is 10.9 Å². The second-order valence-electron chi connectivity index (χ2n) is 5.37. The van der Waals surface area contributed by atoms with Crippen molar-refractivity contribution < 1.29 is 0 Å². The zero-order valence-electron chi connectivity index (χ0n) is 12.0. The number of nitrogens with zero attached hydrogens (tertiary/aromatic N) is 1. The Bertz CT molecular complexity index is 551. The zero-order chi connectivity index (χ0) is 13.8. The van der Waals surface area contributed by atoms with E-state index in [-0.39, 0.29) is 6.04 Å². The summed E-state index contributed by atoms with van der Waals surface area (Å²) in [7, 11) is 0. The van der Waals surface area contributed by atoms with Crippen LogP contribution in [0.3, 0.4) is 0 Å². The van der Waals surface area contributed by atoms with Gasteiger partial charge in [-0.1, -0.05) is 32.4 Å². The minimum Gasteiger partial charge on any atom is -0.271 e. The van der Waals surface area contributed by atoms with Gasteiger partial charge in [0.25, 0.3) is 0 Å². The average molecular weight is 257 g/mol. The van der Waals surface area contributed by atoms with Crippen molar-refractivity contribution in [2.24, 2.45) is 11.8 Å². The van der Waals surface area contributed by atoms with Gasteiger partial charge in [0.05, 0.1) is 5.52 Å². The topological polar surface area (TPSA) is 50.9 Å². The first kappa shape index (κ1) is 14.0. The lowest BCUT2D eigenvalue weighted by Gasteiger charge is -2.20. The molecule has 0 saturated heterocycles. The number of hydrogen-bond acceptors (Lipinski definition) is 3. The molecule has 0 spiro atoms. The summed E-state index contributed by atoms with van der Waals surface area (Å²) in [6, 6.07) is 10.8. The number of nitrogens with one attached hydrogen (secondary N) is 1. The van der Waals surface area contributed by atoms with Crippen molar-refractivity contribution in [2.75, 3.05) is 0 Å². The molecule has 2 unspecified atom stereocenters. The highest BCUT2D eigenvalue weighted by Crippen LogP contribution is 2.25. The Morgan fingerprint density at radius 3 is 2.74 bits per heavy atom. The van der Waals surface area contributed by atoms with Gasteiger partial charge in [0.15, 0.2) is 0 Å². The Morgan fingerprint density at radius 1 is 1.26 bits per heavy atom. The number of nitrogens with two attached hydrogens (primary N) is 1. The third-order valence-electron chi connectivity index (χ3n) is 3.79. The van der Waals surface area contributed by atoms with Crippen LogP contribution in [-0.2, 0) is 0 Å². The Kier molecular flexibility index (Phi) is 4.51. The van der Waals surface area contributed by atoms with E-state index in [1.807, 2.05) is 13.0 Å². The molecule has 0 aliphatic carbocycles. The van der Waals surface area contributed by atoms with Crippen molar-refractivity contribution in [1.29, 1.82) is 0 Å². The van der Waals surface area contributed by atoms with Crippen molar-refractivity contribution >= 4 is 10.9 Å². The molecular formula is C16H23N3. The SMILES string of the molecule is CCC(C)CC(NN)c1ccc2nc(C)ccc2c1. The van der Waals surface area contributed by atoms with E-state index in [0.29, 0.717) is 5.92 Å². The highest BCUT2D eigenvalue weighted by Gasteiger charge is 2.13. The van der Waals surface area contributed by atoms with Crippen molar-refractivity contribution in [3.05, 3.63) is 41.6 Å². The molecule has 0 aliphatic rings. The van der Waals surface area contributed by atoms with E-state index in [1.54, 1.807) is 0 Å². The van der Waals surface area contributed by atoms with Gasteiger partial charge >= 0.3 is 0 Å². The van der Waals surface area contributed by atoms with Crippen molar-refractivity contribution in [3.63, 3.8) is 0 Å². The predicted octanol–water partition coefficient (Wildman–Crippen LogP) is 3.48. The van der Waals surface area contributed by atoms with Crippen LogP contribution in [0.15, 0.2) is 30.3 Å². The molecule has 0 saturated carbocycles.